The Hall–Kier alpha value is -2.05. The molecule has 11 heteroatoms. The largest absolute Gasteiger partial charge is 0.480 e. The molecule has 186 valence electrons. The molecule has 3 atom stereocenters. The zero-order valence-corrected chi connectivity index (χ0v) is 19.4. The van der Waals surface area contributed by atoms with Gasteiger partial charge in [0.2, 0.25) is 0 Å². The van der Waals surface area contributed by atoms with Gasteiger partial charge < -0.3 is 39.4 Å². The highest BCUT2D eigenvalue weighted by atomic mass is 16.6. The number of rotatable bonds is 9. The smallest absolute Gasteiger partial charge is 0.329 e. The molecule has 0 saturated carbocycles. The minimum absolute atomic E-state index is 0.0482. The lowest BCUT2D eigenvalue weighted by Gasteiger charge is -2.33. The highest BCUT2D eigenvalue weighted by Gasteiger charge is 2.30. The fourth-order valence-corrected chi connectivity index (χ4v) is 1.71. The Morgan fingerprint density at radius 2 is 1.48 bits per heavy atom. The van der Waals surface area contributed by atoms with Crippen LogP contribution in [-0.4, -0.2) is 96.8 Å². The number of aliphatic hydroxyl groups excluding tert-OH is 1. The average molecular weight is 457 g/mol. The van der Waals surface area contributed by atoms with Crippen LogP contribution in [0.2, 0.25) is 0 Å². The van der Waals surface area contributed by atoms with Crippen LogP contribution >= 0.6 is 0 Å². The van der Waals surface area contributed by atoms with Crippen molar-refractivity contribution < 1.29 is 53.8 Å². The maximum atomic E-state index is 10.4. The van der Waals surface area contributed by atoms with E-state index in [0.717, 1.165) is 0 Å². The Morgan fingerprint density at radius 3 is 1.81 bits per heavy atom. The zero-order valence-electron chi connectivity index (χ0n) is 19.4. The molecule has 1 aliphatic heterocycles. The number of hydrogen-bond acceptors (Lipinski definition) is 8. The third-order valence-corrected chi connectivity index (χ3v) is 2.84. The first-order valence-electron chi connectivity index (χ1n) is 9.88. The molecule has 11 nitrogen and oxygen atoms in total. The van der Waals surface area contributed by atoms with Gasteiger partial charge in [-0.05, 0) is 6.92 Å². The maximum absolute atomic E-state index is 10.4. The highest BCUT2D eigenvalue weighted by molar-refractivity contribution is 5.68. The molecular weight excluding hydrogens is 416 g/mol. The summed E-state index contributed by atoms with van der Waals surface area (Å²) in [5, 5.41) is 31.3. The molecule has 4 N–H and O–H groups in total. The SMILES string of the molecule is C=CCO[C@H]1CO[C@@H](C)C(OCC(=O)O)C1.CC.CC.COCC(=O)O.O=C(O)CO. The van der Waals surface area contributed by atoms with Crippen molar-refractivity contribution in [1.29, 1.82) is 0 Å². The van der Waals surface area contributed by atoms with Crippen LogP contribution in [0.5, 0.6) is 0 Å². The van der Waals surface area contributed by atoms with Crippen molar-refractivity contribution in [3.8, 4) is 0 Å². The van der Waals surface area contributed by atoms with Gasteiger partial charge in [-0.25, -0.2) is 14.4 Å². The summed E-state index contributed by atoms with van der Waals surface area (Å²) < 4.78 is 20.3. The second-order valence-electron chi connectivity index (χ2n) is 5.14. The molecule has 1 aliphatic rings. The lowest BCUT2D eigenvalue weighted by molar-refractivity contribution is -0.165. The van der Waals surface area contributed by atoms with E-state index in [1.165, 1.54) is 7.11 Å². The van der Waals surface area contributed by atoms with E-state index in [4.69, 9.17) is 39.4 Å². The van der Waals surface area contributed by atoms with E-state index in [1.54, 1.807) is 6.08 Å². The van der Waals surface area contributed by atoms with Gasteiger partial charge in [0.15, 0.2) is 0 Å². The van der Waals surface area contributed by atoms with E-state index in [-0.39, 0.29) is 31.5 Å². The van der Waals surface area contributed by atoms with Crippen LogP contribution < -0.4 is 0 Å². The number of carbonyl (C=O) groups is 3. The van der Waals surface area contributed by atoms with Gasteiger partial charge in [-0.2, -0.15) is 0 Å². The number of ether oxygens (including phenoxy) is 4. The Kier molecular flexibility index (Phi) is 32.8. The zero-order chi connectivity index (χ0) is 25.2. The average Bonchev–Trinajstić information content (AvgIpc) is 2.75. The molecule has 1 saturated heterocycles. The van der Waals surface area contributed by atoms with Gasteiger partial charge in [-0.1, -0.05) is 33.8 Å². The van der Waals surface area contributed by atoms with Gasteiger partial charge >= 0.3 is 17.9 Å². The Balaban J connectivity index is -0.000000201. The molecule has 1 heterocycles. The first kappa shape index (κ1) is 36.3. The molecule has 0 aromatic heterocycles. The third kappa shape index (κ3) is 30.2. The third-order valence-electron chi connectivity index (χ3n) is 2.84. The summed E-state index contributed by atoms with van der Waals surface area (Å²) in [6, 6.07) is 0. The van der Waals surface area contributed by atoms with Crippen LogP contribution in [-0.2, 0) is 33.3 Å². The standard InChI is InChI=1S/C11H18O5.C3H6O3.C2H4O3.2C2H6/c1-3-4-14-9-5-10(8(2)15-6-9)16-7-11(12)13;1-6-2-3(4)5;3-1-2(4)5;2*1-2/h3,8-10H,1,4-7H2,2H3,(H,12,13);2H2,1H3,(H,4,5);3H,1H2,(H,4,5);2*1-2H3/t8-,9+,10?;;;;/m0..../s1. The van der Waals surface area contributed by atoms with Crippen molar-refractivity contribution in [3.05, 3.63) is 12.7 Å². The van der Waals surface area contributed by atoms with Gasteiger partial charge in [0.1, 0.15) is 19.8 Å². The quantitative estimate of drug-likeness (QED) is 0.372. The van der Waals surface area contributed by atoms with E-state index in [1.807, 2.05) is 34.6 Å². The molecule has 0 radical (unpaired) electrons. The summed E-state index contributed by atoms with van der Waals surface area (Å²) in [5.41, 5.74) is 0. The van der Waals surface area contributed by atoms with E-state index in [0.29, 0.717) is 19.6 Å². The molecule has 1 fully saturated rings. The summed E-state index contributed by atoms with van der Waals surface area (Å²) >= 11 is 0. The first-order chi connectivity index (χ1) is 14.7. The second kappa shape index (κ2) is 27.9. The molecule has 0 spiro atoms. The molecule has 0 aliphatic carbocycles. The van der Waals surface area contributed by atoms with E-state index < -0.39 is 24.5 Å². The predicted molar refractivity (Wildman–Crippen MR) is 114 cm³/mol. The number of methoxy groups -OCH3 is 1. The van der Waals surface area contributed by atoms with Gasteiger partial charge in [-0.3, -0.25) is 0 Å². The van der Waals surface area contributed by atoms with Crippen molar-refractivity contribution >= 4 is 17.9 Å². The lowest BCUT2D eigenvalue weighted by Crippen LogP contribution is -2.42. The van der Waals surface area contributed by atoms with E-state index in [9.17, 15) is 9.59 Å². The maximum Gasteiger partial charge on any atom is 0.329 e. The number of aliphatic carboxylic acids is 3. The molecule has 0 amide bonds. The van der Waals surface area contributed by atoms with Crippen LogP contribution in [0.15, 0.2) is 12.7 Å². The monoisotopic (exact) mass is 456 g/mol. The van der Waals surface area contributed by atoms with Crippen LogP contribution in [0, 0.1) is 0 Å². The van der Waals surface area contributed by atoms with Gasteiger partial charge in [-0.15, -0.1) is 6.58 Å². The number of hydrogen-bond donors (Lipinski definition) is 4. The molecule has 0 aromatic carbocycles. The molecular formula is C20H40O11. The summed E-state index contributed by atoms with van der Waals surface area (Å²) in [4.78, 5) is 29.0. The van der Waals surface area contributed by atoms with Crippen LogP contribution in [0.4, 0.5) is 0 Å². The topological polar surface area (TPSA) is 169 Å². The highest BCUT2D eigenvalue weighted by Crippen LogP contribution is 2.19. The Labute approximate surface area is 184 Å². The molecule has 1 rings (SSSR count). The van der Waals surface area contributed by atoms with Crippen molar-refractivity contribution in [2.45, 2.75) is 59.4 Å². The van der Waals surface area contributed by atoms with Crippen molar-refractivity contribution in [1.82, 2.24) is 0 Å². The summed E-state index contributed by atoms with van der Waals surface area (Å²) in [7, 11) is 1.34. The van der Waals surface area contributed by atoms with E-state index in [2.05, 4.69) is 11.3 Å². The number of carboxylic acids is 3. The van der Waals surface area contributed by atoms with E-state index >= 15 is 0 Å². The summed E-state index contributed by atoms with van der Waals surface area (Å²) in [6.07, 6.45) is 1.96. The fourth-order valence-electron chi connectivity index (χ4n) is 1.71. The summed E-state index contributed by atoms with van der Waals surface area (Å²) in [6.45, 7) is 13.1. The van der Waals surface area contributed by atoms with Crippen LogP contribution in [0.1, 0.15) is 41.0 Å². The molecule has 31 heavy (non-hydrogen) atoms. The fraction of sp³-hybridized carbons (Fsp3) is 0.750. The second-order valence-corrected chi connectivity index (χ2v) is 5.14. The number of aliphatic hydroxyl groups is 1. The minimum atomic E-state index is -1.19. The van der Waals surface area contributed by atoms with Crippen molar-refractivity contribution in [2.75, 3.05) is 40.1 Å². The van der Waals surface area contributed by atoms with Gasteiger partial charge in [0, 0.05) is 13.5 Å². The molecule has 1 unspecified atom stereocenters. The van der Waals surface area contributed by atoms with Crippen LogP contribution in [0.25, 0.3) is 0 Å². The minimum Gasteiger partial charge on any atom is -0.480 e. The van der Waals surface area contributed by atoms with Gasteiger partial charge in [0.05, 0.1) is 31.5 Å². The molecule has 0 aromatic rings. The number of carboxylic acid groups (broad SMARTS) is 3. The first-order valence-corrected chi connectivity index (χ1v) is 9.88. The summed E-state index contributed by atoms with van der Waals surface area (Å²) in [5.74, 6) is -3.09. The Morgan fingerprint density at radius 1 is 1.00 bits per heavy atom. The van der Waals surface area contributed by atoms with Crippen molar-refractivity contribution in [2.24, 2.45) is 0 Å². The Bertz CT molecular complexity index is 441. The lowest BCUT2D eigenvalue weighted by atomic mass is 10.0. The van der Waals surface area contributed by atoms with Crippen LogP contribution in [0.3, 0.4) is 0 Å². The normalized spacial score (nSPS) is 18.6. The molecule has 0 bridgehead atoms. The van der Waals surface area contributed by atoms with Gasteiger partial charge in [0.25, 0.3) is 0 Å². The predicted octanol–water partition coefficient (Wildman–Crippen LogP) is 1.67. The van der Waals surface area contributed by atoms with Crippen molar-refractivity contribution in [3.63, 3.8) is 0 Å².